The predicted molar refractivity (Wildman–Crippen MR) is 66.1 cm³/mol. The molecular weight excluding hydrogens is 254 g/mol. The molecule has 0 aliphatic heterocycles. The number of carbonyl (C=O) groups excluding carboxylic acids is 1. The van der Waals surface area contributed by atoms with Crippen molar-refractivity contribution in [2.24, 2.45) is 0 Å². The van der Waals surface area contributed by atoms with Gasteiger partial charge in [0.15, 0.2) is 0 Å². The van der Waals surface area contributed by atoms with Gasteiger partial charge in [0.05, 0.1) is 12.1 Å². The maximum Gasteiger partial charge on any atom is 0.287 e. The zero-order valence-electron chi connectivity index (χ0n) is 9.94. The van der Waals surface area contributed by atoms with Gasteiger partial charge in [-0.1, -0.05) is 12.1 Å². The molecule has 0 unspecified atom stereocenters. The van der Waals surface area contributed by atoms with Crippen molar-refractivity contribution in [2.45, 2.75) is 5.92 Å². The number of hydrogen-bond donors (Lipinski definition) is 2. The number of nitrogens with zero attached hydrogens (tertiary/aromatic N) is 1. The molecule has 0 saturated heterocycles. The van der Waals surface area contributed by atoms with E-state index >= 15 is 0 Å². The van der Waals surface area contributed by atoms with Crippen molar-refractivity contribution in [2.75, 3.05) is 13.2 Å². The van der Waals surface area contributed by atoms with Gasteiger partial charge in [0.25, 0.3) is 11.8 Å². The number of hydrogen-bond acceptors (Lipinski definition) is 3. The number of aromatic nitrogens is 1. The Bertz CT molecular complexity index is 597. The smallest absolute Gasteiger partial charge is 0.287 e. The van der Waals surface area contributed by atoms with E-state index in [0.717, 1.165) is 0 Å². The van der Waals surface area contributed by atoms with E-state index in [1.807, 2.05) is 0 Å². The first-order valence-electron chi connectivity index (χ1n) is 5.64. The molecule has 100 valence electrons. The minimum Gasteiger partial charge on any atom is -0.390 e. The number of alkyl halides is 2. The molecule has 2 aromatic rings. The highest BCUT2D eigenvalue weighted by Gasteiger charge is 2.28. The van der Waals surface area contributed by atoms with Crippen molar-refractivity contribution >= 4 is 16.8 Å². The van der Waals surface area contributed by atoms with Crippen LogP contribution < -0.4 is 5.32 Å². The number of nitrogens with one attached hydrogen (secondary N) is 1. The van der Waals surface area contributed by atoms with Gasteiger partial charge in [-0.15, -0.1) is 0 Å². The second-order valence-electron chi connectivity index (χ2n) is 4.07. The monoisotopic (exact) mass is 266 g/mol. The molecule has 2 rings (SSSR count). The topological polar surface area (TPSA) is 62.2 Å². The van der Waals surface area contributed by atoms with E-state index < -0.39 is 25.0 Å². The normalized spacial score (nSPS) is 11.5. The van der Waals surface area contributed by atoms with Gasteiger partial charge in [-0.2, -0.15) is 0 Å². The highest BCUT2D eigenvalue weighted by molar-refractivity contribution is 6.06. The molecule has 0 aliphatic carbocycles. The Morgan fingerprint density at radius 3 is 2.84 bits per heavy atom. The summed E-state index contributed by atoms with van der Waals surface area (Å²) in [5, 5.41) is 11.1. The Kier molecular flexibility index (Phi) is 3.71. The van der Waals surface area contributed by atoms with Crippen LogP contribution in [0.3, 0.4) is 0 Å². The van der Waals surface area contributed by atoms with E-state index in [1.54, 1.807) is 30.5 Å². The van der Waals surface area contributed by atoms with Crippen molar-refractivity contribution in [1.82, 2.24) is 10.3 Å². The van der Waals surface area contributed by atoms with Crippen LogP contribution in [0.25, 0.3) is 10.9 Å². The van der Waals surface area contributed by atoms with Crippen molar-refractivity contribution in [3.8, 4) is 0 Å². The second-order valence-corrected chi connectivity index (χ2v) is 4.07. The summed E-state index contributed by atoms with van der Waals surface area (Å²) in [5.41, 5.74) is 0.892. The van der Waals surface area contributed by atoms with Gasteiger partial charge in [0, 0.05) is 17.1 Å². The third-order valence-corrected chi connectivity index (χ3v) is 2.63. The average molecular weight is 266 g/mol. The number of benzene rings is 1. The fourth-order valence-electron chi connectivity index (χ4n) is 1.66. The van der Waals surface area contributed by atoms with Crippen LogP contribution in [0.15, 0.2) is 36.5 Å². The second kappa shape index (κ2) is 5.27. The number of rotatable bonds is 4. The summed E-state index contributed by atoms with van der Waals surface area (Å²) in [6.45, 7) is -2.21. The zero-order valence-corrected chi connectivity index (χ0v) is 9.94. The van der Waals surface area contributed by atoms with Gasteiger partial charge in [0.2, 0.25) is 0 Å². The molecule has 0 radical (unpaired) electrons. The Morgan fingerprint density at radius 1 is 1.32 bits per heavy atom. The lowest BCUT2D eigenvalue weighted by atomic mass is 10.1. The summed E-state index contributed by atoms with van der Waals surface area (Å²) in [7, 11) is 0. The number of amides is 1. The zero-order chi connectivity index (χ0) is 13.9. The summed E-state index contributed by atoms with van der Waals surface area (Å²) in [6, 6.07) is 8.27. The minimum atomic E-state index is -3.32. The number of aliphatic hydroxyl groups excluding tert-OH is 1. The summed E-state index contributed by atoms with van der Waals surface area (Å²) in [4.78, 5) is 15.9. The number of halogens is 2. The van der Waals surface area contributed by atoms with Gasteiger partial charge in [-0.05, 0) is 18.2 Å². The molecule has 0 atom stereocenters. The Balaban J connectivity index is 2.23. The first-order valence-corrected chi connectivity index (χ1v) is 5.64. The maximum absolute atomic E-state index is 12.9. The third kappa shape index (κ3) is 3.03. The third-order valence-electron chi connectivity index (χ3n) is 2.63. The molecule has 19 heavy (non-hydrogen) atoms. The maximum atomic E-state index is 12.9. The highest BCUT2D eigenvalue weighted by Crippen LogP contribution is 2.17. The van der Waals surface area contributed by atoms with Gasteiger partial charge in [-0.3, -0.25) is 9.78 Å². The van der Waals surface area contributed by atoms with Gasteiger partial charge >= 0.3 is 0 Å². The summed E-state index contributed by atoms with van der Waals surface area (Å²) >= 11 is 0. The molecule has 0 fully saturated rings. The van der Waals surface area contributed by atoms with Gasteiger partial charge in [-0.25, -0.2) is 8.78 Å². The molecule has 2 N–H and O–H groups in total. The predicted octanol–water partition coefficient (Wildman–Crippen LogP) is 1.59. The summed E-state index contributed by atoms with van der Waals surface area (Å²) in [6.07, 6.45) is 1.59. The lowest BCUT2D eigenvalue weighted by Crippen LogP contribution is -2.39. The van der Waals surface area contributed by atoms with E-state index in [0.29, 0.717) is 10.9 Å². The van der Waals surface area contributed by atoms with E-state index in [9.17, 15) is 13.6 Å². The first kappa shape index (κ1) is 13.4. The molecule has 1 aromatic carbocycles. The van der Waals surface area contributed by atoms with Crippen LogP contribution in [0.4, 0.5) is 8.78 Å². The van der Waals surface area contributed by atoms with Crippen molar-refractivity contribution in [3.63, 3.8) is 0 Å². The number of carbonyl (C=O) groups is 1. The average Bonchev–Trinajstić information content (AvgIpc) is 2.44. The molecule has 1 heterocycles. The quantitative estimate of drug-likeness (QED) is 0.883. The molecule has 0 spiro atoms. The molecule has 0 saturated carbocycles. The fourth-order valence-corrected chi connectivity index (χ4v) is 1.66. The van der Waals surface area contributed by atoms with Crippen LogP contribution in [-0.2, 0) is 0 Å². The van der Waals surface area contributed by atoms with E-state index in [-0.39, 0.29) is 5.56 Å². The fraction of sp³-hybridized carbons (Fsp3) is 0.231. The molecule has 0 aliphatic rings. The lowest BCUT2D eigenvalue weighted by Gasteiger charge is -2.14. The lowest BCUT2D eigenvalue weighted by molar-refractivity contribution is -0.0461. The number of fused-ring (bicyclic) bond motifs is 1. The standard InChI is InChI=1S/C13H12F2N2O2/c14-13(15,8-18)7-17-12(19)10-3-1-5-11-9(10)4-2-6-16-11/h1-6,18H,7-8H2,(H,17,19). The summed E-state index contributed by atoms with van der Waals surface area (Å²) in [5.74, 6) is -3.94. The van der Waals surface area contributed by atoms with Gasteiger partial charge in [0.1, 0.15) is 6.61 Å². The van der Waals surface area contributed by atoms with Crippen molar-refractivity contribution in [3.05, 3.63) is 42.1 Å². The van der Waals surface area contributed by atoms with Crippen LogP contribution in [0.2, 0.25) is 0 Å². The molecular formula is C13H12F2N2O2. The molecule has 4 nitrogen and oxygen atoms in total. The van der Waals surface area contributed by atoms with E-state index in [2.05, 4.69) is 10.3 Å². The van der Waals surface area contributed by atoms with Crippen LogP contribution in [-0.4, -0.2) is 35.1 Å². The SMILES string of the molecule is O=C(NCC(F)(F)CO)c1cccc2ncccc12. The Labute approximate surface area is 108 Å². The van der Waals surface area contributed by atoms with Crippen molar-refractivity contribution < 1.29 is 18.7 Å². The van der Waals surface area contributed by atoms with Crippen LogP contribution in [0.1, 0.15) is 10.4 Å². The molecule has 1 amide bonds. The number of aliphatic hydroxyl groups is 1. The molecule has 6 heteroatoms. The van der Waals surface area contributed by atoms with Crippen LogP contribution in [0, 0.1) is 0 Å². The highest BCUT2D eigenvalue weighted by atomic mass is 19.3. The van der Waals surface area contributed by atoms with Crippen LogP contribution >= 0.6 is 0 Å². The van der Waals surface area contributed by atoms with Crippen LogP contribution in [0.5, 0.6) is 0 Å². The first-order chi connectivity index (χ1) is 9.03. The Morgan fingerprint density at radius 2 is 2.11 bits per heavy atom. The van der Waals surface area contributed by atoms with E-state index in [1.165, 1.54) is 6.07 Å². The minimum absolute atomic E-state index is 0.277. The largest absolute Gasteiger partial charge is 0.390 e. The van der Waals surface area contributed by atoms with Crippen molar-refractivity contribution in [1.29, 1.82) is 0 Å². The summed E-state index contributed by atoms with van der Waals surface area (Å²) < 4.78 is 25.7. The molecule has 0 bridgehead atoms. The number of pyridine rings is 1. The molecule has 1 aromatic heterocycles. The van der Waals surface area contributed by atoms with Gasteiger partial charge < -0.3 is 10.4 Å². The Hall–Kier alpha value is -2.08. The van der Waals surface area contributed by atoms with E-state index in [4.69, 9.17) is 5.11 Å².